The van der Waals surface area contributed by atoms with Gasteiger partial charge in [0, 0.05) is 18.8 Å². The minimum absolute atomic E-state index is 0.0384. The first kappa shape index (κ1) is 20.5. The zero-order valence-electron chi connectivity index (χ0n) is 15.4. The summed E-state index contributed by atoms with van der Waals surface area (Å²) >= 11 is 0. The summed E-state index contributed by atoms with van der Waals surface area (Å²) in [7, 11) is 0.518. The highest BCUT2D eigenvalue weighted by Crippen LogP contribution is 2.36. The molecule has 7 nitrogen and oxygen atoms in total. The number of rotatable bonds is 7. The average Bonchev–Trinajstić information content (AvgIpc) is 2.66. The van der Waals surface area contributed by atoms with Crippen LogP contribution in [-0.2, 0) is 10.0 Å². The Morgan fingerprint density at radius 2 is 1.78 bits per heavy atom. The van der Waals surface area contributed by atoms with Crippen LogP contribution in [0.1, 0.15) is 17.3 Å². The molecule has 1 amide bonds. The summed E-state index contributed by atoms with van der Waals surface area (Å²) < 4.78 is 49.4. The van der Waals surface area contributed by atoms with E-state index in [1.54, 1.807) is 0 Å². The third-order valence-electron chi connectivity index (χ3n) is 3.95. The van der Waals surface area contributed by atoms with E-state index in [-0.39, 0.29) is 34.2 Å². The van der Waals surface area contributed by atoms with Gasteiger partial charge in [0.25, 0.3) is 5.91 Å². The smallest absolute Gasteiger partial charge is 0.257 e. The molecule has 0 radical (unpaired) electrons. The fourth-order valence-electron chi connectivity index (χ4n) is 2.42. The average molecular weight is 396 g/mol. The Bertz CT molecular complexity index is 947. The van der Waals surface area contributed by atoms with E-state index in [1.165, 1.54) is 58.5 Å². The Hall–Kier alpha value is -2.81. The molecule has 0 aliphatic rings. The number of nitrogens with one attached hydrogen (secondary N) is 1. The number of ether oxygens (including phenoxy) is 2. The van der Waals surface area contributed by atoms with Gasteiger partial charge in [-0.2, -0.15) is 0 Å². The Balaban J connectivity index is 2.56. The normalized spacial score (nSPS) is 11.0. The second kappa shape index (κ2) is 8.26. The molecule has 0 fully saturated rings. The molecule has 2 rings (SSSR count). The highest BCUT2D eigenvalue weighted by molar-refractivity contribution is 7.92. The molecule has 0 saturated carbocycles. The van der Waals surface area contributed by atoms with Gasteiger partial charge in [0.2, 0.25) is 10.0 Å². The maximum Gasteiger partial charge on any atom is 0.257 e. The molecule has 1 N–H and O–H groups in total. The Morgan fingerprint density at radius 1 is 1.15 bits per heavy atom. The van der Waals surface area contributed by atoms with Crippen molar-refractivity contribution in [1.29, 1.82) is 0 Å². The van der Waals surface area contributed by atoms with Crippen LogP contribution < -0.4 is 19.1 Å². The van der Waals surface area contributed by atoms with Crippen LogP contribution in [0.15, 0.2) is 36.4 Å². The fourth-order valence-corrected chi connectivity index (χ4v) is 3.26. The van der Waals surface area contributed by atoms with Gasteiger partial charge < -0.3 is 14.8 Å². The molecule has 9 heteroatoms. The minimum Gasteiger partial charge on any atom is -0.493 e. The number of hydrogen-bond acceptors (Lipinski definition) is 5. The van der Waals surface area contributed by atoms with Crippen molar-refractivity contribution in [2.75, 3.05) is 36.6 Å². The van der Waals surface area contributed by atoms with Crippen molar-refractivity contribution >= 4 is 27.3 Å². The van der Waals surface area contributed by atoms with Crippen molar-refractivity contribution in [2.45, 2.75) is 6.92 Å². The van der Waals surface area contributed by atoms with Gasteiger partial charge in [-0.25, -0.2) is 12.8 Å². The van der Waals surface area contributed by atoms with Gasteiger partial charge >= 0.3 is 0 Å². The minimum atomic E-state index is -3.63. The summed E-state index contributed by atoms with van der Waals surface area (Å²) in [6.45, 7) is 1.50. The van der Waals surface area contributed by atoms with Crippen molar-refractivity contribution < 1.29 is 27.1 Å². The lowest BCUT2D eigenvalue weighted by Crippen LogP contribution is -2.30. The topological polar surface area (TPSA) is 84.9 Å². The van der Waals surface area contributed by atoms with Crippen LogP contribution in [0, 0.1) is 5.82 Å². The second-order valence-corrected chi connectivity index (χ2v) is 7.85. The SMILES string of the molecule is CCS(=O)(=O)N(C)c1cc(OC)c(OC)cc1C(=O)Nc1cccc(F)c1. The van der Waals surface area contributed by atoms with Crippen LogP contribution in [0.25, 0.3) is 0 Å². The molecule has 0 aliphatic heterocycles. The summed E-state index contributed by atoms with van der Waals surface area (Å²) in [6, 6.07) is 8.17. The third-order valence-corrected chi connectivity index (χ3v) is 5.71. The summed E-state index contributed by atoms with van der Waals surface area (Å²) in [5.74, 6) is -0.746. The van der Waals surface area contributed by atoms with Crippen molar-refractivity contribution in [3.63, 3.8) is 0 Å². The Morgan fingerprint density at radius 3 is 2.33 bits per heavy atom. The lowest BCUT2D eigenvalue weighted by molar-refractivity contribution is 0.102. The Labute approximate surface area is 157 Å². The summed E-state index contributed by atoms with van der Waals surface area (Å²) in [6.07, 6.45) is 0. The molecular weight excluding hydrogens is 375 g/mol. The maximum atomic E-state index is 13.4. The maximum absolute atomic E-state index is 13.4. The molecule has 0 aromatic heterocycles. The highest BCUT2D eigenvalue weighted by Gasteiger charge is 2.25. The first-order chi connectivity index (χ1) is 12.7. The first-order valence-corrected chi connectivity index (χ1v) is 9.64. The van der Waals surface area contributed by atoms with Gasteiger partial charge in [-0.05, 0) is 31.2 Å². The molecule has 0 spiro atoms. The number of methoxy groups -OCH3 is 2. The number of anilines is 2. The van der Waals surface area contributed by atoms with E-state index >= 15 is 0 Å². The van der Waals surface area contributed by atoms with Gasteiger partial charge in [-0.1, -0.05) is 6.07 Å². The predicted molar refractivity (Wildman–Crippen MR) is 102 cm³/mol. The van der Waals surface area contributed by atoms with Crippen LogP contribution >= 0.6 is 0 Å². The molecule has 146 valence electrons. The molecule has 0 saturated heterocycles. The number of halogens is 1. The third kappa shape index (κ3) is 4.48. The molecule has 0 aliphatic carbocycles. The molecule has 0 bridgehead atoms. The van der Waals surface area contributed by atoms with E-state index in [1.807, 2.05) is 0 Å². The number of benzene rings is 2. The number of amides is 1. The zero-order valence-corrected chi connectivity index (χ0v) is 16.3. The van der Waals surface area contributed by atoms with Gasteiger partial charge in [-0.3, -0.25) is 9.10 Å². The monoisotopic (exact) mass is 396 g/mol. The zero-order chi connectivity index (χ0) is 20.2. The van der Waals surface area contributed by atoms with Crippen LogP contribution in [0.4, 0.5) is 15.8 Å². The molecule has 0 unspecified atom stereocenters. The van der Waals surface area contributed by atoms with Crippen molar-refractivity contribution in [3.05, 3.63) is 47.8 Å². The quantitative estimate of drug-likeness (QED) is 0.778. The van der Waals surface area contributed by atoms with Gasteiger partial charge in [0.15, 0.2) is 11.5 Å². The summed E-state index contributed by atoms with van der Waals surface area (Å²) in [4.78, 5) is 12.8. The van der Waals surface area contributed by atoms with Gasteiger partial charge in [0.05, 0.1) is 31.2 Å². The molecule has 2 aromatic carbocycles. The lowest BCUT2D eigenvalue weighted by Gasteiger charge is -2.23. The van der Waals surface area contributed by atoms with Crippen molar-refractivity contribution in [3.8, 4) is 11.5 Å². The van der Waals surface area contributed by atoms with Crippen molar-refractivity contribution in [1.82, 2.24) is 0 Å². The van der Waals surface area contributed by atoms with E-state index in [4.69, 9.17) is 9.47 Å². The molecular formula is C18H21FN2O5S. The number of nitrogens with zero attached hydrogens (tertiary/aromatic N) is 1. The molecule has 0 atom stereocenters. The first-order valence-electron chi connectivity index (χ1n) is 8.03. The number of carbonyl (C=O) groups excluding carboxylic acids is 1. The van der Waals surface area contributed by atoms with Crippen LogP contribution in [0.3, 0.4) is 0 Å². The van der Waals surface area contributed by atoms with E-state index in [9.17, 15) is 17.6 Å². The summed E-state index contributed by atoms with van der Waals surface area (Å²) in [5.41, 5.74) is 0.390. The van der Waals surface area contributed by atoms with E-state index in [2.05, 4.69) is 5.32 Å². The Kier molecular flexibility index (Phi) is 6.27. The number of hydrogen-bond donors (Lipinski definition) is 1. The fraction of sp³-hybridized carbons (Fsp3) is 0.278. The lowest BCUT2D eigenvalue weighted by atomic mass is 10.1. The van der Waals surface area contributed by atoms with Crippen LogP contribution in [0.5, 0.6) is 11.5 Å². The van der Waals surface area contributed by atoms with E-state index in [0.717, 1.165) is 10.4 Å². The highest BCUT2D eigenvalue weighted by atomic mass is 32.2. The number of sulfonamides is 1. The van der Waals surface area contributed by atoms with E-state index < -0.39 is 21.7 Å². The second-order valence-electron chi connectivity index (χ2n) is 5.56. The molecule has 0 heterocycles. The van der Waals surface area contributed by atoms with Crippen molar-refractivity contribution in [2.24, 2.45) is 0 Å². The standard InChI is InChI=1S/C18H21FN2O5S/c1-5-27(23,24)21(2)15-11-17(26-4)16(25-3)10-14(15)18(22)20-13-8-6-7-12(19)9-13/h6-11H,5H2,1-4H3,(H,20,22). The van der Waals surface area contributed by atoms with Gasteiger partial charge in [0.1, 0.15) is 5.82 Å². The van der Waals surface area contributed by atoms with Gasteiger partial charge in [-0.15, -0.1) is 0 Å². The van der Waals surface area contributed by atoms with Crippen LogP contribution in [0.2, 0.25) is 0 Å². The molecule has 2 aromatic rings. The van der Waals surface area contributed by atoms with E-state index in [0.29, 0.717) is 0 Å². The largest absolute Gasteiger partial charge is 0.493 e. The van der Waals surface area contributed by atoms with Crippen LogP contribution in [-0.4, -0.2) is 41.3 Å². The summed E-state index contributed by atoms with van der Waals surface area (Å²) in [5, 5.41) is 2.56. The molecule has 27 heavy (non-hydrogen) atoms. The predicted octanol–water partition coefficient (Wildman–Crippen LogP) is 2.88. The number of carbonyl (C=O) groups is 1.